The van der Waals surface area contributed by atoms with Gasteiger partial charge in [0.25, 0.3) is 11.6 Å². The van der Waals surface area contributed by atoms with Crippen molar-refractivity contribution in [2.24, 2.45) is 0 Å². The fraction of sp³-hybridized carbons (Fsp3) is 0.118. The third-order valence-corrected chi connectivity index (χ3v) is 4.36. The van der Waals surface area contributed by atoms with E-state index in [1.165, 1.54) is 35.6 Å². The Morgan fingerprint density at radius 1 is 1.20 bits per heavy atom. The van der Waals surface area contributed by atoms with E-state index >= 15 is 0 Å². The first-order chi connectivity index (χ1) is 12.1. The zero-order valence-corrected chi connectivity index (χ0v) is 13.9. The number of pyridine rings is 1. The Labute approximate surface area is 147 Å². The molecule has 3 aromatic rings. The summed E-state index contributed by atoms with van der Waals surface area (Å²) >= 11 is 1.51. The van der Waals surface area contributed by atoms with Gasteiger partial charge in [0, 0.05) is 42.2 Å². The Bertz CT molecular complexity index is 878. The van der Waals surface area contributed by atoms with Crippen LogP contribution < -0.4 is 5.32 Å². The fourth-order valence-electron chi connectivity index (χ4n) is 2.17. The van der Waals surface area contributed by atoms with Gasteiger partial charge in [0.2, 0.25) is 0 Å². The van der Waals surface area contributed by atoms with Gasteiger partial charge >= 0.3 is 0 Å². The van der Waals surface area contributed by atoms with Gasteiger partial charge in [-0.25, -0.2) is 4.98 Å². The van der Waals surface area contributed by atoms with Crippen LogP contribution in [-0.2, 0) is 6.42 Å². The molecular weight excluding hydrogens is 340 g/mol. The number of nitro groups is 1. The number of carbonyl (C=O) groups is 1. The highest BCUT2D eigenvalue weighted by Gasteiger charge is 2.10. The molecule has 0 atom stereocenters. The summed E-state index contributed by atoms with van der Waals surface area (Å²) in [6.45, 7) is 0.432. The van der Waals surface area contributed by atoms with Crippen molar-refractivity contribution >= 4 is 22.9 Å². The Hall–Kier alpha value is -3.13. The topological polar surface area (TPSA) is 98.0 Å². The molecule has 0 saturated heterocycles. The van der Waals surface area contributed by atoms with Crippen LogP contribution in [0.1, 0.15) is 16.1 Å². The standard InChI is InChI=1S/C17H14N4O3S/c22-16(12-4-6-14(7-5-12)21(23)24)19-10-8-13-11-25-17(20-13)15-3-1-2-9-18-15/h1-7,9,11H,8,10H2,(H,19,22). The van der Waals surface area contributed by atoms with E-state index in [4.69, 9.17) is 0 Å². The molecule has 0 aliphatic rings. The lowest BCUT2D eigenvalue weighted by molar-refractivity contribution is -0.384. The van der Waals surface area contributed by atoms with Crippen molar-refractivity contribution in [1.29, 1.82) is 0 Å². The molecule has 2 heterocycles. The van der Waals surface area contributed by atoms with Gasteiger partial charge in [-0.2, -0.15) is 0 Å². The van der Waals surface area contributed by atoms with Gasteiger partial charge in [-0.1, -0.05) is 6.07 Å². The molecular formula is C17H14N4O3S. The summed E-state index contributed by atoms with van der Waals surface area (Å²) < 4.78 is 0. The van der Waals surface area contributed by atoms with Crippen LogP contribution >= 0.6 is 11.3 Å². The molecule has 0 bridgehead atoms. The number of nitrogens with zero attached hydrogens (tertiary/aromatic N) is 3. The van der Waals surface area contributed by atoms with Crippen LogP contribution in [0.4, 0.5) is 5.69 Å². The normalized spacial score (nSPS) is 10.4. The minimum Gasteiger partial charge on any atom is -0.352 e. The number of non-ortho nitro benzene ring substituents is 1. The average molecular weight is 354 g/mol. The van der Waals surface area contributed by atoms with Crippen LogP contribution in [0.5, 0.6) is 0 Å². The number of nitro benzene ring substituents is 1. The highest BCUT2D eigenvalue weighted by atomic mass is 32.1. The predicted octanol–water partition coefficient (Wildman–Crippen LogP) is 3.09. The SMILES string of the molecule is O=C(NCCc1csc(-c2ccccn2)n1)c1ccc([N+](=O)[O-])cc1. The summed E-state index contributed by atoms with van der Waals surface area (Å²) in [5.41, 5.74) is 2.06. The smallest absolute Gasteiger partial charge is 0.269 e. The summed E-state index contributed by atoms with van der Waals surface area (Å²) in [6, 6.07) is 11.2. The molecule has 3 rings (SSSR count). The van der Waals surface area contributed by atoms with Crippen molar-refractivity contribution in [3.8, 4) is 10.7 Å². The summed E-state index contributed by atoms with van der Waals surface area (Å²) in [7, 11) is 0. The fourth-order valence-corrected chi connectivity index (χ4v) is 3.00. The number of aromatic nitrogens is 2. The number of benzene rings is 1. The van der Waals surface area contributed by atoms with Crippen molar-refractivity contribution in [1.82, 2.24) is 15.3 Å². The second-order valence-corrected chi connectivity index (χ2v) is 6.03. The molecule has 2 aromatic heterocycles. The average Bonchev–Trinajstić information content (AvgIpc) is 3.11. The van der Waals surface area contributed by atoms with Crippen molar-refractivity contribution in [3.63, 3.8) is 0 Å². The molecule has 1 aromatic carbocycles. The molecule has 0 unspecified atom stereocenters. The van der Waals surface area contributed by atoms with Crippen LogP contribution in [0.2, 0.25) is 0 Å². The largest absolute Gasteiger partial charge is 0.352 e. The highest BCUT2D eigenvalue weighted by Crippen LogP contribution is 2.21. The zero-order valence-electron chi connectivity index (χ0n) is 13.1. The van der Waals surface area contributed by atoms with Crippen molar-refractivity contribution in [2.75, 3.05) is 6.54 Å². The van der Waals surface area contributed by atoms with Gasteiger partial charge in [-0.15, -0.1) is 11.3 Å². The summed E-state index contributed by atoms with van der Waals surface area (Å²) in [6.07, 6.45) is 2.32. The number of rotatable bonds is 6. The Balaban J connectivity index is 1.53. The number of hydrogen-bond acceptors (Lipinski definition) is 6. The Morgan fingerprint density at radius 2 is 2.00 bits per heavy atom. The van der Waals surface area contributed by atoms with E-state index in [1.54, 1.807) is 6.20 Å². The molecule has 0 radical (unpaired) electrons. The van der Waals surface area contributed by atoms with E-state index < -0.39 is 4.92 Å². The lowest BCUT2D eigenvalue weighted by atomic mass is 10.2. The Kier molecular flexibility index (Phi) is 5.10. The lowest BCUT2D eigenvalue weighted by Crippen LogP contribution is -2.25. The highest BCUT2D eigenvalue weighted by molar-refractivity contribution is 7.13. The molecule has 7 nitrogen and oxygen atoms in total. The molecule has 0 aliphatic heterocycles. The number of amides is 1. The second kappa shape index (κ2) is 7.63. The van der Waals surface area contributed by atoms with Crippen LogP contribution in [0.3, 0.4) is 0 Å². The third-order valence-electron chi connectivity index (χ3n) is 3.44. The van der Waals surface area contributed by atoms with Gasteiger partial charge in [0.05, 0.1) is 16.3 Å². The maximum atomic E-state index is 12.0. The first-order valence-corrected chi connectivity index (χ1v) is 8.40. The molecule has 1 N–H and O–H groups in total. The first-order valence-electron chi connectivity index (χ1n) is 7.52. The summed E-state index contributed by atoms with van der Waals surface area (Å²) in [5, 5.41) is 16.2. The van der Waals surface area contributed by atoms with E-state index in [-0.39, 0.29) is 11.6 Å². The van der Waals surface area contributed by atoms with Gasteiger partial charge < -0.3 is 5.32 Å². The molecule has 8 heteroatoms. The maximum Gasteiger partial charge on any atom is 0.269 e. The molecule has 0 aliphatic carbocycles. The second-order valence-electron chi connectivity index (χ2n) is 5.17. The molecule has 0 fully saturated rings. The van der Waals surface area contributed by atoms with E-state index in [1.807, 2.05) is 23.6 Å². The zero-order chi connectivity index (χ0) is 17.6. The molecule has 1 amide bonds. The molecule has 0 saturated carbocycles. The summed E-state index contributed by atoms with van der Waals surface area (Å²) in [5.74, 6) is -0.268. The number of hydrogen-bond donors (Lipinski definition) is 1. The quantitative estimate of drug-likeness (QED) is 0.542. The minimum atomic E-state index is -0.497. The van der Waals surface area contributed by atoms with Gasteiger partial charge in [0.15, 0.2) is 0 Å². The van der Waals surface area contributed by atoms with Crippen molar-refractivity contribution in [3.05, 3.63) is 75.4 Å². The number of nitrogens with one attached hydrogen (secondary N) is 1. The lowest BCUT2D eigenvalue weighted by Gasteiger charge is -2.03. The van der Waals surface area contributed by atoms with Crippen molar-refractivity contribution in [2.45, 2.75) is 6.42 Å². The van der Waals surface area contributed by atoms with Crippen LogP contribution in [-0.4, -0.2) is 27.3 Å². The number of thiazole rings is 1. The van der Waals surface area contributed by atoms with E-state index in [2.05, 4.69) is 15.3 Å². The number of carbonyl (C=O) groups excluding carboxylic acids is 1. The molecule has 25 heavy (non-hydrogen) atoms. The van der Waals surface area contributed by atoms with Gasteiger partial charge in [0.1, 0.15) is 5.01 Å². The predicted molar refractivity (Wildman–Crippen MR) is 94.5 cm³/mol. The van der Waals surface area contributed by atoms with Gasteiger partial charge in [-0.05, 0) is 24.3 Å². The maximum absolute atomic E-state index is 12.0. The minimum absolute atomic E-state index is 0.0407. The van der Waals surface area contributed by atoms with Crippen LogP contribution in [0.15, 0.2) is 54.0 Å². The Morgan fingerprint density at radius 3 is 2.68 bits per heavy atom. The summed E-state index contributed by atoms with van der Waals surface area (Å²) in [4.78, 5) is 30.9. The van der Waals surface area contributed by atoms with Crippen LogP contribution in [0.25, 0.3) is 10.7 Å². The third kappa shape index (κ3) is 4.24. The van der Waals surface area contributed by atoms with E-state index in [0.717, 1.165) is 16.4 Å². The van der Waals surface area contributed by atoms with Gasteiger partial charge in [-0.3, -0.25) is 19.9 Å². The van der Waals surface area contributed by atoms with E-state index in [9.17, 15) is 14.9 Å². The van der Waals surface area contributed by atoms with Crippen LogP contribution in [0, 0.1) is 10.1 Å². The van der Waals surface area contributed by atoms with Crippen molar-refractivity contribution < 1.29 is 9.72 Å². The molecule has 126 valence electrons. The monoisotopic (exact) mass is 354 g/mol. The molecule has 0 spiro atoms. The first kappa shape index (κ1) is 16.7. The van der Waals surface area contributed by atoms with E-state index in [0.29, 0.717) is 18.5 Å².